The number of nitrogens with zero attached hydrogens (tertiary/aromatic N) is 2. The number of benzene rings is 1. The summed E-state index contributed by atoms with van der Waals surface area (Å²) in [5.74, 6) is -2.53. The van der Waals surface area contributed by atoms with E-state index < -0.39 is 17.6 Å². The van der Waals surface area contributed by atoms with E-state index in [1.165, 1.54) is 6.07 Å². The quantitative estimate of drug-likeness (QED) is 0.757. The van der Waals surface area contributed by atoms with Crippen molar-refractivity contribution in [3.8, 4) is 0 Å². The Kier molecular flexibility index (Phi) is 3.09. The van der Waals surface area contributed by atoms with Crippen LogP contribution in [0.4, 0.5) is 13.2 Å². The molecule has 6 heteroatoms. The van der Waals surface area contributed by atoms with E-state index in [1.54, 1.807) is 0 Å². The Hall–Kier alpha value is -1.56. The van der Waals surface area contributed by atoms with Crippen molar-refractivity contribution in [1.82, 2.24) is 9.97 Å². The molecule has 2 rings (SSSR count). The fourth-order valence-electron chi connectivity index (χ4n) is 1.03. The van der Waals surface area contributed by atoms with Gasteiger partial charge < -0.3 is 0 Å². The molecule has 0 atom stereocenters. The van der Waals surface area contributed by atoms with Crippen LogP contribution in [0.15, 0.2) is 40.5 Å². The number of hydrogen-bond acceptors (Lipinski definition) is 3. The first-order valence-electron chi connectivity index (χ1n) is 4.25. The maximum absolute atomic E-state index is 12.9. The lowest BCUT2D eigenvalue weighted by atomic mass is 10.3. The molecule has 2 nitrogen and oxygen atoms in total. The van der Waals surface area contributed by atoms with E-state index in [0.717, 1.165) is 36.3 Å². The van der Waals surface area contributed by atoms with Crippen LogP contribution in [0, 0.1) is 17.6 Å². The fourth-order valence-corrected chi connectivity index (χ4v) is 1.83. The molecule has 1 heterocycles. The van der Waals surface area contributed by atoms with Gasteiger partial charge in [-0.2, -0.15) is 4.39 Å². The number of rotatable bonds is 2. The Bertz CT molecular complexity index is 519. The molecule has 0 aliphatic heterocycles. The van der Waals surface area contributed by atoms with Gasteiger partial charge in [0.2, 0.25) is 5.95 Å². The summed E-state index contributed by atoms with van der Waals surface area (Å²) in [7, 11) is 0. The molecule has 0 bridgehead atoms. The van der Waals surface area contributed by atoms with Gasteiger partial charge in [-0.25, -0.2) is 18.7 Å². The van der Waals surface area contributed by atoms with Crippen LogP contribution < -0.4 is 0 Å². The maximum atomic E-state index is 12.9. The molecule has 0 fully saturated rings. The standard InChI is InChI=1S/C10H5F3N2S/c11-7-2-1-6(3-8(7)12)16-10-4-9(13)14-5-15-10/h1-5H. The van der Waals surface area contributed by atoms with Crippen molar-refractivity contribution in [2.45, 2.75) is 9.92 Å². The molecular weight excluding hydrogens is 237 g/mol. The van der Waals surface area contributed by atoms with E-state index in [1.807, 2.05) is 0 Å². The second kappa shape index (κ2) is 4.52. The number of hydrogen-bond donors (Lipinski definition) is 0. The monoisotopic (exact) mass is 242 g/mol. The van der Waals surface area contributed by atoms with Crippen molar-refractivity contribution < 1.29 is 13.2 Å². The maximum Gasteiger partial charge on any atom is 0.217 e. The SMILES string of the molecule is Fc1cc(Sc2ccc(F)c(F)c2)ncn1. The first-order chi connectivity index (χ1) is 7.65. The smallest absolute Gasteiger partial charge is 0.217 e. The Balaban J connectivity index is 2.24. The molecule has 0 spiro atoms. The molecule has 0 aliphatic carbocycles. The second-order valence-electron chi connectivity index (χ2n) is 2.86. The average Bonchev–Trinajstić information content (AvgIpc) is 2.24. The fraction of sp³-hybridized carbons (Fsp3) is 0. The molecule has 0 radical (unpaired) electrons. The van der Waals surface area contributed by atoms with Crippen LogP contribution in [-0.4, -0.2) is 9.97 Å². The van der Waals surface area contributed by atoms with Gasteiger partial charge in [0.25, 0.3) is 0 Å². The van der Waals surface area contributed by atoms with E-state index in [4.69, 9.17) is 0 Å². The predicted octanol–water partition coefficient (Wildman–Crippen LogP) is 3.05. The van der Waals surface area contributed by atoms with E-state index >= 15 is 0 Å². The Morgan fingerprint density at radius 1 is 0.938 bits per heavy atom. The minimum absolute atomic E-state index is 0.332. The summed E-state index contributed by atoms with van der Waals surface area (Å²) >= 11 is 1.03. The lowest BCUT2D eigenvalue weighted by molar-refractivity contribution is 0.506. The van der Waals surface area contributed by atoms with E-state index in [2.05, 4.69) is 9.97 Å². The van der Waals surface area contributed by atoms with Gasteiger partial charge in [0.1, 0.15) is 11.4 Å². The summed E-state index contributed by atoms with van der Waals surface area (Å²) in [6.07, 6.45) is 1.07. The Labute approximate surface area is 93.5 Å². The lowest BCUT2D eigenvalue weighted by Crippen LogP contribution is -1.88. The van der Waals surface area contributed by atoms with Gasteiger partial charge in [-0.1, -0.05) is 11.8 Å². The zero-order valence-corrected chi connectivity index (χ0v) is 8.64. The number of aromatic nitrogens is 2. The molecule has 0 unspecified atom stereocenters. The first-order valence-corrected chi connectivity index (χ1v) is 5.07. The molecule has 0 aliphatic rings. The molecular formula is C10H5F3N2S. The van der Waals surface area contributed by atoms with Crippen molar-refractivity contribution in [3.63, 3.8) is 0 Å². The third-order valence-electron chi connectivity index (χ3n) is 1.72. The van der Waals surface area contributed by atoms with Gasteiger partial charge in [-0.3, -0.25) is 0 Å². The predicted molar refractivity (Wildman–Crippen MR) is 52.5 cm³/mol. The van der Waals surface area contributed by atoms with Gasteiger partial charge in [0.05, 0.1) is 0 Å². The van der Waals surface area contributed by atoms with Crippen LogP contribution in [-0.2, 0) is 0 Å². The van der Waals surface area contributed by atoms with Crippen molar-refractivity contribution in [1.29, 1.82) is 0 Å². The summed E-state index contributed by atoms with van der Waals surface area (Å²) < 4.78 is 38.2. The normalized spacial score (nSPS) is 10.4. The number of halogens is 3. The van der Waals surface area contributed by atoms with Crippen molar-refractivity contribution in [3.05, 3.63) is 48.2 Å². The van der Waals surface area contributed by atoms with Crippen molar-refractivity contribution in [2.24, 2.45) is 0 Å². The van der Waals surface area contributed by atoms with Crippen LogP contribution in [0.1, 0.15) is 0 Å². The largest absolute Gasteiger partial charge is 0.229 e. The highest BCUT2D eigenvalue weighted by atomic mass is 32.2. The van der Waals surface area contributed by atoms with E-state index in [-0.39, 0.29) is 0 Å². The van der Waals surface area contributed by atoms with Crippen LogP contribution in [0.5, 0.6) is 0 Å². The van der Waals surface area contributed by atoms with Gasteiger partial charge >= 0.3 is 0 Å². The highest BCUT2D eigenvalue weighted by molar-refractivity contribution is 7.99. The topological polar surface area (TPSA) is 25.8 Å². The molecule has 82 valence electrons. The minimum atomic E-state index is -0.945. The van der Waals surface area contributed by atoms with Gasteiger partial charge in [-0.05, 0) is 18.2 Å². The second-order valence-corrected chi connectivity index (χ2v) is 3.95. The zero-order chi connectivity index (χ0) is 11.5. The highest BCUT2D eigenvalue weighted by Gasteiger charge is 2.05. The van der Waals surface area contributed by atoms with Crippen molar-refractivity contribution >= 4 is 11.8 Å². The summed E-state index contributed by atoms with van der Waals surface area (Å²) in [4.78, 5) is 7.51. The van der Waals surface area contributed by atoms with Gasteiger partial charge in [0.15, 0.2) is 11.6 Å². The molecule has 16 heavy (non-hydrogen) atoms. The van der Waals surface area contributed by atoms with Crippen LogP contribution in [0.3, 0.4) is 0 Å². The molecule has 0 saturated heterocycles. The molecule has 1 aromatic heterocycles. The third kappa shape index (κ3) is 2.52. The van der Waals surface area contributed by atoms with Crippen LogP contribution in [0.2, 0.25) is 0 Å². The van der Waals surface area contributed by atoms with Crippen LogP contribution in [0.25, 0.3) is 0 Å². The zero-order valence-electron chi connectivity index (χ0n) is 7.82. The van der Waals surface area contributed by atoms with E-state index in [9.17, 15) is 13.2 Å². The van der Waals surface area contributed by atoms with E-state index in [0.29, 0.717) is 9.92 Å². The summed E-state index contributed by atoms with van der Waals surface area (Å²) in [6, 6.07) is 4.55. The minimum Gasteiger partial charge on any atom is -0.229 e. The highest BCUT2D eigenvalue weighted by Crippen LogP contribution is 2.26. The molecule has 0 saturated carbocycles. The summed E-state index contributed by atoms with van der Waals surface area (Å²) in [5, 5.41) is 0.332. The van der Waals surface area contributed by atoms with Gasteiger partial charge in [-0.15, -0.1) is 0 Å². The summed E-state index contributed by atoms with van der Waals surface area (Å²) in [5.41, 5.74) is 0. The lowest BCUT2D eigenvalue weighted by Gasteiger charge is -2.00. The Morgan fingerprint density at radius 3 is 2.44 bits per heavy atom. The summed E-state index contributed by atoms with van der Waals surface area (Å²) in [6.45, 7) is 0. The molecule has 0 amide bonds. The van der Waals surface area contributed by atoms with Crippen LogP contribution >= 0.6 is 11.8 Å². The van der Waals surface area contributed by atoms with Crippen molar-refractivity contribution in [2.75, 3.05) is 0 Å². The third-order valence-corrected chi connectivity index (χ3v) is 2.64. The molecule has 1 aromatic carbocycles. The first kappa shape index (κ1) is 10.9. The molecule has 0 N–H and O–H groups in total. The van der Waals surface area contributed by atoms with Gasteiger partial charge in [0, 0.05) is 11.0 Å². The average molecular weight is 242 g/mol. The molecule has 2 aromatic rings. The Morgan fingerprint density at radius 2 is 1.75 bits per heavy atom.